The third-order valence-corrected chi connectivity index (χ3v) is 5.15. The van der Waals surface area contributed by atoms with Crippen molar-refractivity contribution in [3.63, 3.8) is 0 Å². The minimum Gasteiger partial charge on any atom is -0.361 e. The number of rotatable bonds is 2. The Morgan fingerprint density at radius 1 is 1.58 bits per heavy atom. The first kappa shape index (κ1) is 13.1. The molecule has 1 N–H and O–H groups in total. The van der Waals surface area contributed by atoms with E-state index in [0.29, 0.717) is 12.0 Å². The number of thiocarbonyl (C=S) groups is 1. The Kier molecular flexibility index (Phi) is 3.84. The van der Waals surface area contributed by atoms with E-state index in [0.717, 1.165) is 18.1 Å². The van der Waals surface area contributed by atoms with Gasteiger partial charge in [0, 0.05) is 23.1 Å². The van der Waals surface area contributed by atoms with E-state index in [1.54, 1.807) is 0 Å². The van der Waals surface area contributed by atoms with Crippen LogP contribution >= 0.6 is 23.6 Å². The molecule has 0 spiro atoms. The molecule has 102 valence electrons. The van der Waals surface area contributed by atoms with Gasteiger partial charge in [0.15, 0.2) is 5.11 Å². The maximum atomic E-state index is 5.50. The summed E-state index contributed by atoms with van der Waals surface area (Å²) >= 11 is 7.31. The molecule has 0 amide bonds. The summed E-state index contributed by atoms with van der Waals surface area (Å²) in [5.74, 6) is 0.559. The minimum atomic E-state index is 0.321. The molecule has 3 nitrogen and oxygen atoms in total. The number of hydrogen-bond acceptors (Lipinski definition) is 3. The van der Waals surface area contributed by atoms with Crippen LogP contribution in [-0.4, -0.2) is 22.4 Å². The fraction of sp³-hybridized carbons (Fsp3) is 0.571. The van der Waals surface area contributed by atoms with Crippen LogP contribution in [-0.2, 0) is 0 Å². The van der Waals surface area contributed by atoms with Crippen molar-refractivity contribution < 1.29 is 0 Å². The van der Waals surface area contributed by atoms with Crippen LogP contribution in [0.4, 0.5) is 0 Å². The highest BCUT2D eigenvalue weighted by atomic mass is 32.1. The molecular weight excluding hydrogens is 274 g/mol. The van der Waals surface area contributed by atoms with E-state index in [1.807, 2.05) is 11.3 Å². The molecule has 1 fully saturated rings. The molecule has 5 heteroatoms. The van der Waals surface area contributed by atoms with Gasteiger partial charge < -0.3 is 5.32 Å². The monoisotopic (exact) mass is 293 g/mol. The molecule has 1 aromatic rings. The standard InChI is InChI=1S/C14H19N3S2/c1-2-15-14(18)17-13(12-8-5-9-19-12)10-6-3-4-7-11(10)16-17/h5,8-10,13H,2-4,6-7H2,1H3,(H,15,18). The third-order valence-electron chi connectivity index (χ3n) is 3.88. The molecule has 0 saturated heterocycles. The zero-order chi connectivity index (χ0) is 13.2. The fourth-order valence-electron chi connectivity index (χ4n) is 3.04. The lowest BCUT2D eigenvalue weighted by Crippen LogP contribution is -2.38. The van der Waals surface area contributed by atoms with Crippen molar-refractivity contribution >= 4 is 34.4 Å². The van der Waals surface area contributed by atoms with Crippen molar-refractivity contribution in [2.45, 2.75) is 38.6 Å². The molecule has 19 heavy (non-hydrogen) atoms. The molecule has 3 rings (SSSR count). The highest BCUT2D eigenvalue weighted by Crippen LogP contribution is 2.43. The molecule has 0 radical (unpaired) electrons. The van der Waals surface area contributed by atoms with Gasteiger partial charge in [-0.15, -0.1) is 11.3 Å². The van der Waals surface area contributed by atoms with Crippen LogP contribution < -0.4 is 5.32 Å². The van der Waals surface area contributed by atoms with E-state index in [9.17, 15) is 0 Å². The maximum absolute atomic E-state index is 5.50. The summed E-state index contributed by atoms with van der Waals surface area (Å²) in [5.41, 5.74) is 1.35. The summed E-state index contributed by atoms with van der Waals surface area (Å²) in [5, 5.41) is 13.0. The van der Waals surface area contributed by atoms with Crippen LogP contribution in [0.25, 0.3) is 0 Å². The maximum Gasteiger partial charge on any atom is 0.190 e. The van der Waals surface area contributed by atoms with Crippen LogP contribution in [0.1, 0.15) is 43.5 Å². The lowest BCUT2D eigenvalue weighted by Gasteiger charge is -2.29. The molecule has 2 unspecified atom stereocenters. The average Bonchev–Trinajstić information content (AvgIpc) is 3.05. The molecule has 0 aromatic carbocycles. The van der Waals surface area contributed by atoms with Crippen LogP contribution in [0.2, 0.25) is 0 Å². The smallest absolute Gasteiger partial charge is 0.190 e. The number of fused-ring (bicyclic) bond motifs is 1. The van der Waals surface area contributed by atoms with Gasteiger partial charge in [-0.05, 0) is 49.9 Å². The van der Waals surface area contributed by atoms with Crippen molar-refractivity contribution in [2.24, 2.45) is 11.0 Å². The van der Waals surface area contributed by atoms with E-state index < -0.39 is 0 Å². The number of hydrazone groups is 1. The van der Waals surface area contributed by atoms with Crippen molar-refractivity contribution in [1.82, 2.24) is 10.3 Å². The first-order chi connectivity index (χ1) is 9.31. The van der Waals surface area contributed by atoms with Gasteiger partial charge in [-0.2, -0.15) is 5.10 Å². The summed E-state index contributed by atoms with van der Waals surface area (Å²) in [6.07, 6.45) is 4.96. The van der Waals surface area contributed by atoms with E-state index in [-0.39, 0.29) is 0 Å². The number of thiophene rings is 1. The second-order valence-corrected chi connectivity index (χ2v) is 6.45. The topological polar surface area (TPSA) is 27.6 Å². The Labute approximate surface area is 123 Å². The summed E-state index contributed by atoms with van der Waals surface area (Å²) in [7, 11) is 0. The lowest BCUT2D eigenvalue weighted by molar-refractivity contribution is 0.302. The zero-order valence-electron chi connectivity index (χ0n) is 11.1. The van der Waals surface area contributed by atoms with Crippen LogP contribution in [0.15, 0.2) is 22.6 Å². The molecule has 1 saturated carbocycles. The summed E-state index contributed by atoms with van der Waals surface area (Å²) < 4.78 is 0. The lowest BCUT2D eigenvalue weighted by atomic mass is 9.82. The normalized spacial score (nSPS) is 25.9. The van der Waals surface area contributed by atoms with Gasteiger partial charge >= 0.3 is 0 Å². The van der Waals surface area contributed by atoms with Crippen molar-refractivity contribution in [3.8, 4) is 0 Å². The average molecular weight is 293 g/mol. The predicted octanol–water partition coefficient (Wildman–Crippen LogP) is 3.55. The van der Waals surface area contributed by atoms with E-state index >= 15 is 0 Å². The molecule has 1 aromatic heterocycles. The van der Waals surface area contributed by atoms with E-state index in [2.05, 4.69) is 34.8 Å². The Morgan fingerprint density at radius 2 is 2.47 bits per heavy atom. The van der Waals surface area contributed by atoms with E-state index in [1.165, 1.54) is 29.9 Å². The van der Waals surface area contributed by atoms with Gasteiger partial charge in [0.1, 0.15) is 0 Å². The SMILES string of the molecule is CCNC(=S)N1N=C2CCCCC2C1c1cccs1. The van der Waals surface area contributed by atoms with Gasteiger partial charge in [0.05, 0.1) is 6.04 Å². The molecule has 0 bridgehead atoms. The Hall–Kier alpha value is -0.940. The molecule has 2 aliphatic rings. The predicted molar refractivity (Wildman–Crippen MR) is 84.6 cm³/mol. The zero-order valence-corrected chi connectivity index (χ0v) is 12.8. The summed E-state index contributed by atoms with van der Waals surface area (Å²) in [6.45, 7) is 2.92. The van der Waals surface area contributed by atoms with Gasteiger partial charge in [0.2, 0.25) is 0 Å². The first-order valence-electron chi connectivity index (χ1n) is 6.99. The van der Waals surface area contributed by atoms with E-state index in [4.69, 9.17) is 17.3 Å². The number of nitrogens with one attached hydrogen (secondary N) is 1. The Bertz CT molecular complexity index is 481. The van der Waals surface area contributed by atoms with Gasteiger partial charge in [-0.25, -0.2) is 5.01 Å². The van der Waals surface area contributed by atoms with Crippen LogP contribution in [0.5, 0.6) is 0 Å². The third kappa shape index (κ3) is 2.41. The fourth-order valence-corrected chi connectivity index (χ4v) is 4.21. The highest BCUT2D eigenvalue weighted by molar-refractivity contribution is 7.80. The van der Waals surface area contributed by atoms with Crippen molar-refractivity contribution in [2.75, 3.05) is 6.54 Å². The Morgan fingerprint density at radius 3 is 3.21 bits per heavy atom. The van der Waals surface area contributed by atoms with Gasteiger partial charge in [0.25, 0.3) is 0 Å². The summed E-state index contributed by atoms with van der Waals surface area (Å²) in [4.78, 5) is 1.38. The molecule has 2 atom stereocenters. The largest absolute Gasteiger partial charge is 0.361 e. The van der Waals surface area contributed by atoms with Crippen LogP contribution in [0.3, 0.4) is 0 Å². The molecule has 1 aliphatic carbocycles. The molecular formula is C14H19N3S2. The summed E-state index contributed by atoms with van der Waals surface area (Å²) in [6, 6.07) is 4.65. The number of nitrogens with zero attached hydrogens (tertiary/aromatic N) is 2. The quantitative estimate of drug-likeness (QED) is 0.845. The highest BCUT2D eigenvalue weighted by Gasteiger charge is 2.41. The van der Waals surface area contributed by atoms with Crippen molar-refractivity contribution in [3.05, 3.63) is 22.4 Å². The first-order valence-corrected chi connectivity index (χ1v) is 8.28. The Balaban J connectivity index is 1.91. The van der Waals surface area contributed by atoms with Crippen LogP contribution in [0, 0.1) is 5.92 Å². The molecule has 2 heterocycles. The second-order valence-electron chi connectivity index (χ2n) is 5.08. The van der Waals surface area contributed by atoms with Crippen molar-refractivity contribution in [1.29, 1.82) is 0 Å². The minimum absolute atomic E-state index is 0.321. The second kappa shape index (κ2) is 5.59. The van der Waals surface area contributed by atoms with Gasteiger partial charge in [-0.1, -0.05) is 12.5 Å². The number of hydrogen-bond donors (Lipinski definition) is 1. The molecule has 1 aliphatic heterocycles. The van der Waals surface area contributed by atoms with Gasteiger partial charge in [-0.3, -0.25) is 0 Å².